The number of halogens is 1. The lowest BCUT2D eigenvalue weighted by Crippen LogP contribution is -2.02. The molecule has 2 aromatic rings. The van der Waals surface area contributed by atoms with E-state index in [1.807, 2.05) is 26.0 Å². The van der Waals surface area contributed by atoms with E-state index in [1.165, 1.54) is 24.0 Å². The predicted molar refractivity (Wildman–Crippen MR) is 124 cm³/mol. The Balaban J connectivity index is 0.00000136. The van der Waals surface area contributed by atoms with Crippen LogP contribution in [0.3, 0.4) is 0 Å². The summed E-state index contributed by atoms with van der Waals surface area (Å²) in [6, 6.07) is 14.7. The van der Waals surface area contributed by atoms with Gasteiger partial charge in [0, 0.05) is 14.8 Å². The topological polar surface area (TPSA) is 9.23 Å². The quantitative estimate of drug-likeness (QED) is 0.428. The molecular weight excluding hydrogens is 384 g/mol. The average molecular weight is 415 g/mol. The molecule has 2 aromatic carbocycles. The van der Waals surface area contributed by atoms with Crippen LogP contribution in [-0.4, -0.2) is 6.61 Å². The largest absolute Gasteiger partial charge is 0.489 e. The van der Waals surface area contributed by atoms with Gasteiger partial charge in [0.15, 0.2) is 0 Å². The van der Waals surface area contributed by atoms with Crippen LogP contribution in [0.25, 0.3) is 0 Å². The summed E-state index contributed by atoms with van der Waals surface area (Å²) in [5.41, 5.74) is 2.59. The maximum Gasteiger partial charge on any atom is 0.120 e. The third-order valence-electron chi connectivity index (χ3n) is 4.39. The van der Waals surface area contributed by atoms with Gasteiger partial charge in [-0.25, -0.2) is 0 Å². The molecule has 0 saturated heterocycles. The van der Waals surface area contributed by atoms with Crippen LogP contribution in [0.5, 0.6) is 5.75 Å². The Bertz CT molecular complexity index is 795. The first-order valence-corrected chi connectivity index (χ1v) is 11.5. The first-order chi connectivity index (χ1) is 13.7. The molecule has 0 saturated carbocycles. The fourth-order valence-corrected chi connectivity index (χ4v) is 4.12. The van der Waals surface area contributed by atoms with E-state index in [9.17, 15) is 0 Å². The number of hydrogen-bond acceptors (Lipinski definition) is 2. The minimum absolute atomic E-state index is 0.663. The fourth-order valence-electron chi connectivity index (χ4n) is 2.87. The molecule has 0 aliphatic heterocycles. The number of allylic oxidation sites excluding steroid dienone is 3. The van der Waals surface area contributed by atoms with E-state index in [4.69, 9.17) is 16.3 Å². The van der Waals surface area contributed by atoms with E-state index in [1.54, 1.807) is 11.8 Å². The Hall–Kier alpha value is -1.64. The Morgan fingerprint density at radius 1 is 1.07 bits per heavy atom. The van der Waals surface area contributed by atoms with Crippen LogP contribution in [0.2, 0.25) is 5.02 Å². The zero-order valence-electron chi connectivity index (χ0n) is 17.2. The van der Waals surface area contributed by atoms with Crippen LogP contribution < -0.4 is 4.74 Å². The molecule has 28 heavy (non-hydrogen) atoms. The summed E-state index contributed by atoms with van der Waals surface area (Å²) in [6.07, 6.45) is 12.1. The van der Waals surface area contributed by atoms with Gasteiger partial charge in [-0.3, -0.25) is 0 Å². The summed E-state index contributed by atoms with van der Waals surface area (Å²) in [6.45, 7) is 6.87. The molecule has 150 valence electrons. The van der Waals surface area contributed by atoms with Gasteiger partial charge in [0.05, 0.1) is 0 Å². The lowest BCUT2D eigenvalue weighted by molar-refractivity contribution is 0.346. The molecule has 0 unspecified atom stereocenters. The van der Waals surface area contributed by atoms with Crippen LogP contribution in [0.1, 0.15) is 52.0 Å². The van der Waals surface area contributed by atoms with Gasteiger partial charge in [0.2, 0.25) is 0 Å². The second-order valence-electron chi connectivity index (χ2n) is 6.51. The maximum atomic E-state index is 6.45. The van der Waals surface area contributed by atoms with Crippen molar-refractivity contribution < 1.29 is 4.74 Å². The lowest BCUT2D eigenvalue weighted by atomic mass is 10.1. The Morgan fingerprint density at radius 3 is 2.61 bits per heavy atom. The Kier molecular flexibility index (Phi) is 10.3. The number of ether oxygens (including phenoxy) is 1. The van der Waals surface area contributed by atoms with E-state index >= 15 is 0 Å². The van der Waals surface area contributed by atoms with Crippen molar-refractivity contribution in [2.45, 2.75) is 62.7 Å². The number of benzene rings is 2. The van der Waals surface area contributed by atoms with Gasteiger partial charge in [-0.15, -0.1) is 0 Å². The fraction of sp³-hybridized carbons (Fsp3) is 0.360. The number of rotatable bonds is 8. The molecule has 3 rings (SSSR count). The molecule has 1 aliphatic carbocycles. The second-order valence-corrected chi connectivity index (χ2v) is 8.07. The van der Waals surface area contributed by atoms with Gasteiger partial charge in [0.1, 0.15) is 12.4 Å². The minimum atomic E-state index is 0.663. The summed E-state index contributed by atoms with van der Waals surface area (Å²) < 4.78 is 5.97. The summed E-state index contributed by atoms with van der Waals surface area (Å²) >= 11 is 8.17. The molecule has 3 heteroatoms. The molecule has 0 amide bonds. The summed E-state index contributed by atoms with van der Waals surface area (Å²) in [4.78, 5) is 2.32. The summed E-state index contributed by atoms with van der Waals surface area (Å²) in [7, 11) is 0. The van der Waals surface area contributed by atoms with Crippen molar-refractivity contribution in [3.8, 4) is 5.75 Å². The molecule has 0 N–H and O–H groups in total. The van der Waals surface area contributed by atoms with E-state index < -0.39 is 0 Å². The van der Waals surface area contributed by atoms with Crippen LogP contribution in [0.15, 0.2) is 76.1 Å². The van der Waals surface area contributed by atoms with E-state index in [0.717, 1.165) is 39.8 Å². The third-order valence-corrected chi connectivity index (χ3v) is 5.72. The molecule has 1 aliphatic rings. The summed E-state index contributed by atoms with van der Waals surface area (Å²) in [5.74, 6) is 0.913. The first-order valence-electron chi connectivity index (χ1n) is 10.3. The zero-order valence-corrected chi connectivity index (χ0v) is 18.8. The molecule has 0 aromatic heterocycles. The smallest absolute Gasteiger partial charge is 0.120 e. The van der Waals surface area contributed by atoms with Crippen molar-refractivity contribution in [3.63, 3.8) is 0 Å². The highest BCUT2D eigenvalue weighted by Gasteiger charge is 2.06. The predicted octanol–water partition coefficient (Wildman–Crippen LogP) is 8.52. The summed E-state index contributed by atoms with van der Waals surface area (Å²) in [5, 5.41) is 0.869. The highest BCUT2D eigenvalue weighted by atomic mass is 35.5. The van der Waals surface area contributed by atoms with Gasteiger partial charge in [0.25, 0.3) is 0 Å². The highest BCUT2D eigenvalue weighted by Crippen LogP contribution is 2.33. The van der Waals surface area contributed by atoms with Gasteiger partial charge in [-0.2, -0.15) is 0 Å². The van der Waals surface area contributed by atoms with Crippen LogP contribution in [0, 0.1) is 0 Å². The number of aryl methyl sites for hydroxylation is 1. The van der Waals surface area contributed by atoms with Crippen molar-refractivity contribution in [2.75, 3.05) is 6.61 Å². The molecule has 0 fully saturated rings. The van der Waals surface area contributed by atoms with Crippen molar-refractivity contribution in [3.05, 3.63) is 76.9 Å². The normalized spacial score (nSPS) is 12.8. The van der Waals surface area contributed by atoms with E-state index in [2.05, 4.69) is 55.5 Å². The van der Waals surface area contributed by atoms with E-state index in [0.29, 0.717) is 6.61 Å². The van der Waals surface area contributed by atoms with Crippen LogP contribution in [0.4, 0.5) is 0 Å². The highest BCUT2D eigenvalue weighted by molar-refractivity contribution is 7.99. The molecule has 0 radical (unpaired) electrons. The van der Waals surface area contributed by atoms with Gasteiger partial charge in [-0.1, -0.05) is 80.9 Å². The zero-order chi connectivity index (χ0) is 20.2. The van der Waals surface area contributed by atoms with Gasteiger partial charge in [-0.05, 0) is 67.2 Å². The van der Waals surface area contributed by atoms with Crippen LogP contribution in [-0.2, 0) is 6.42 Å². The van der Waals surface area contributed by atoms with Crippen molar-refractivity contribution in [2.24, 2.45) is 0 Å². The second kappa shape index (κ2) is 12.7. The Labute approximate surface area is 179 Å². The molecule has 1 nitrogen and oxygen atoms in total. The van der Waals surface area contributed by atoms with Crippen LogP contribution >= 0.6 is 23.4 Å². The molecule has 0 spiro atoms. The third kappa shape index (κ3) is 7.41. The maximum absolute atomic E-state index is 6.45. The molecular formula is C25H31ClOS. The number of unbranched alkanes of at least 4 members (excludes halogenated alkanes) is 1. The van der Waals surface area contributed by atoms with Crippen molar-refractivity contribution in [1.29, 1.82) is 0 Å². The average Bonchev–Trinajstić information content (AvgIpc) is 2.74. The number of hydrogen-bond donors (Lipinski definition) is 0. The van der Waals surface area contributed by atoms with Crippen molar-refractivity contribution >= 4 is 23.4 Å². The standard InChI is InChI=1S/C23H25ClOS.C2H6/c1-2-3-10-19-13-14-22(16-23(19)24)26-21-12-7-11-20(15-21)25-17-18-8-5-4-6-9-18;1-2/h4-5,7-8,11-16H,2-3,6,9-10,17H2,1H3;1-2H3. The van der Waals surface area contributed by atoms with Gasteiger partial charge >= 0.3 is 0 Å². The monoisotopic (exact) mass is 414 g/mol. The lowest BCUT2D eigenvalue weighted by Gasteiger charge is -2.12. The SMILES string of the molecule is CC.CCCCc1ccc(Sc2cccc(OCC3=CC=CCC3)c2)cc1Cl. The van der Waals surface area contributed by atoms with Crippen molar-refractivity contribution in [1.82, 2.24) is 0 Å². The molecule has 0 atom stereocenters. The minimum Gasteiger partial charge on any atom is -0.489 e. The molecule has 0 heterocycles. The Morgan fingerprint density at radius 2 is 1.89 bits per heavy atom. The van der Waals surface area contributed by atoms with Gasteiger partial charge < -0.3 is 4.74 Å². The first kappa shape index (κ1) is 22.6. The van der Waals surface area contributed by atoms with E-state index in [-0.39, 0.29) is 0 Å². The molecule has 0 bridgehead atoms.